The van der Waals surface area contributed by atoms with Crippen molar-refractivity contribution in [3.8, 4) is 11.1 Å². The third kappa shape index (κ3) is 5.52. The van der Waals surface area contributed by atoms with Crippen molar-refractivity contribution in [1.82, 2.24) is 10.3 Å². The molecule has 6 nitrogen and oxygen atoms in total. The fourth-order valence-electron chi connectivity index (χ4n) is 2.69. The predicted octanol–water partition coefficient (Wildman–Crippen LogP) is 5.42. The zero-order chi connectivity index (χ0) is 22.6. The zero-order valence-corrected chi connectivity index (χ0v) is 16.8. The fourth-order valence-corrected chi connectivity index (χ4v) is 2.91. The van der Waals surface area contributed by atoms with E-state index in [0.29, 0.717) is 5.69 Å². The molecule has 0 radical (unpaired) electrons. The number of hydrogen-bond acceptors (Lipinski definition) is 3. The van der Waals surface area contributed by atoms with Crippen molar-refractivity contribution in [1.29, 1.82) is 0 Å². The average Bonchev–Trinajstić information content (AvgIpc) is 2.74. The van der Waals surface area contributed by atoms with Crippen LogP contribution in [0.25, 0.3) is 11.1 Å². The first kappa shape index (κ1) is 22.1. The molecule has 0 fully saturated rings. The molecule has 0 unspecified atom stereocenters. The molecule has 0 bridgehead atoms. The van der Waals surface area contributed by atoms with E-state index in [0.717, 1.165) is 23.3 Å². The fraction of sp³-hybridized carbons (Fsp3) is 0.0952. The van der Waals surface area contributed by atoms with E-state index in [1.165, 1.54) is 13.1 Å². The van der Waals surface area contributed by atoms with Crippen LogP contribution in [0.4, 0.5) is 29.3 Å². The van der Waals surface area contributed by atoms with Gasteiger partial charge in [0.1, 0.15) is 5.69 Å². The second-order valence-electron chi connectivity index (χ2n) is 6.36. The molecule has 0 aliphatic heterocycles. The van der Waals surface area contributed by atoms with Crippen molar-refractivity contribution < 1.29 is 22.8 Å². The zero-order valence-electron chi connectivity index (χ0n) is 16.0. The number of carbonyl (C=O) groups excluding carboxylic acids is 2. The van der Waals surface area contributed by atoms with Gasteiger partial charge in [0.15, 0.2) is 0 Å². The first-order valence-electron chi connectivity index (χ1n) is 8.90. The topological polar surface area (TPSA) is 83.1 Å². The smallest absolute Gasteiger partial charge is 0.354 e. The molecule has 3 rings (SSSR count). The minimum atomic E-state index is -4.63. The Kier molecular flexibility index (Phi) is 6.45. The highest BCUT2D eigenvalue weighted by atomic mass is 35.5. The molecule has 1 heterocycles. The molecule has 3 aromatic rings. The minimum Gasteiger partial charge on any atom is -0.354 e. The molecule has 31 heavy (non-hydrogen) atoms. The standard InChI is InChI=1S/C21H16ClF3N4O2/c1-26-19(30)18-9-4-13(11-27-18)12-2-5-14(6-3-12)28-20(31)29-15-7-8-17(22)16(10-15)21(23,24)25/h2-11H,1H3,(H,26,30)(H2,28,29,31). The molecule has 0 aliphatic carbocycles. The van der Waals surface area contributed by atoms with E-state index in [4.69, 9.17) is 11.6 Å². The van der Waals surface area contributed by atoms with Gasteiger partial charge in [-0.15, -0.1) is 0 Å². The van der Waals surface area contributed by atoms with Gasteiger partial charge < -0.3 is 16.0 Å². The molecule has 0 aliphatic rings. The summed E-state index contributed by atoms with van der Waals surface area (Å²) in [4.78, 5) is 27.8. The number of amides is 3. The van der Waals surface area contributed by atoms with Crippen molar-refractivity contribution in [3.63, 3.8) is 0 Å². The predicted molar refractivity (Wildman–Crippen MR) is 112 cm³/mol. The van der Waals surface area contributed by atoms with E-state index in [2.05, 4.69) is 20.9 Å². The van der Waals surface area contributed by atoms with Gasteiger partial charge in [-0.2, -0.15) is 13.2 Å². The Hall–Kier alpha value is -3.59. The SMILES string of the molecule is CNC(=O)c1ccc(-c2ccc(NC(=O)Nc3ccc(Cl)c(C(F)(F)F)c3)cc2)cn1. The summed E-state index contributed by atoms with van der Waals surface area (Å²) in [5, 5.41) is 6.92. The summed E-state index contributed by atoms with van der Waals surface area (Å²) < 4.78 is 38.8. The molecule has 1 aromatic heterocycles. The number of pyridine rings is 1. The van der Waals surface area contributed by atoms with Crippen LogP contribution in [0, 0.1) is 0 Å². The van der Waals surface area contributed by atoms with Crippen LogP contribution in [0.5, 0.6) is 0 Å². The number of anilines is 2. The third-order valence-corrected chi connectivity index (χ3v) is 4.56. The van der Waals surface area contributed by atoms with Gasteiger partial charge in [-0.1, -0.05) is 29.8 Å². The van der Waals surface area contributed by atoms with E-state index < -0.39 is 22.8 Å². The van der Waals surface area contributed by atoms with Crippen molar-refractivity contribution in [2.24, 2.45) is 0 Å². The van der Waals surface area contributed by atoms with E-state index in [-0.39, 0.29) is 17.3 Å². The monoisotopic (exact) mass is 448 g/mol. The molecule has 0 atom stereocenters. The van der Waals surface area contributed by atoms with Crippen LogP contribution in [-0.4, -0.2) is 24.0 Å². The molecular formula is C21H16ClF3N4O2. The van der Waals surface area contributed by atoms with Crippen LogP contribution in [0.15, 0.2) is 60.8 Å². The van der Waals surface area contributed by atoms with E-state index in [1.54, 1.807) is 42.6 Å². The summed E-state index contributed by atoms with van der Waals surface area (Å²) in [5.41, 5.74) is 1.21. The molecule has 0 saturated heterocycles. The Bertz CT molecular complexity index is 1100. The number of alkyl halides is 3. The summed E-state index contributed by atoms with van der Waals surface area (Å²) in [5.74, 6) is -0.292. The molecule has 0 spiro atoms. The summed E-state index contributed by atoms with van der Waals surface area (Å²) in [6.45, 7) is 0. The van der Waals surface area contributed by atoms with Crippen LogP contribution in [0.2, 0.25) is 5.02 Å². The molecule has 3 amide bonds. The van der Waals surface area contributed by atoms with Crippen LogP contribution < -0.4 is 16.0 Å². The number of carbonyl (C=O) groups is 2. The van der Waals surface area contributed by atoms with Gasteiger partial charge in [0.2, 0.25) is 0 Å². The highest BCUT2D eigenvalue weighted by Gasteiger charge is 2.33. The number of urea groups is 1. The lowest BCUT2D eigenvalue weighted by molar-refractivity contribution is -0.137. The number of rotatable bonds is 4. The largest absolute Gasteiger partial charge is 0.417 e. The normalized spacial score (nSPS) is 11.0. The van der Waals surface area contributed by atoms with Crippen LogP contribution in [-0.2, 0) is 6.18 Å². The van der Waals surface area contributed by atoms with Crippen LogP contribution >= 0.6 is 11.6 Å². The Labute approximate surface area is 180 Å². The van der Waals surface area contributed by atoms with Gasteiger partial charge >= 0.3 is 12.2 Å². The molecule has 0 saturated carbocycles. The maximum absolute atomic E-state index is 12.9. The number of nitrogens with one attached hydrogen (secondary N) is 3. The Morgan fingerprint density at radius 1 is 0.903 bits per heavy atom. The molecular weight excluding hydrogens is 433 g/mol. The van der Waals surface area contributed by atoms with Gasteiger partial charge in [-0.05, 0) is 42.0 Å². The first-order valence-corrected chi connectivity index (χ1v) is 9.28. The van der Waals surface area contributed by atoms with E-state index in [1.807, 2.05) is 0 Å². The Morgan fingerprint density at radius 2 is 1.52 bits per heavy atom. The Morgan fingerprint density at radius 3 is 2.10 bits per heavy atom. The summed E-state index contributed by atoms with van der Waals surface area (Å²) >= 11 is 5.57. The maximum Gasteiger partial charge on any atom is 0.417 e. The second-order valence-corrected chi connectivity index (χ2v) is 6.77. The number of benzene rings is 2. The van der Waals surface area contributed by atoms with Gasteiger partial charge in [-0.25, -0.2) is 4.79 Å². The maximum atomic E-state index is 12.9. The van der Waals surface area contributed by atoms with Crippen LogP contribution in [0.1, 0.15) is 16.1 Å². The lowest BCUT2D eigenvalue weighted by Crippen LogP contribution is -2.20. The lowest BCUT2D eigenvalue weighted by Gasteiger charge is -2.12. The molecule has 10 heteroatoms. The van der Waals surface area contributed by atoms with Crippen LogP contribution in [0.3, 0.4) is 0 Å². The van der Waals surface area contributed by atoms with E-state index >= 15 is 0 Å². The Balaban J connectivity index is 1.66. The number of nitrogens with zero attached hydrogens (tertiary/aromatic N) is 1. The third-order valence-electron chi connectivity index (χ3n) is 4.23. The highest BCUT2D eigenvalue weighted by molar-refractivity contribution is 6.31. The van der Waals surface area contributed by atoms with Gasteiger partial charge in [0.25, 0.3) is 5.91 Å². The second kappa shape index (κ2) is 9.05. The van der Waals surface area contributed by atoms with Gasteiger partial charge in [0.05, 0.1) is 10.6 Å². The number of hydrogen-bond donors (Lipinski definition) is 3. The molecule has 160 valence electrons. The highest BCUT2D eigenvalue weighted by Crippen LogP contribution is 2.36. The lowest BCUT2D eigenvalue weighted by atomic mass is 10.1. The van der Waals surface area contributed by atoms with Gasteiger partial charge in [-0.3, -0.25) is 9.78 Å². The molecule has 3 N–H and O–H groups in total. The summed E-state index contributed by atoms with van der Waals surface area (Å²) in [7, 11) is 1.52. The first-order chi connectivity index (χ1) is 14.7. The van der Waals surface area contributed by atoms with E-state index in [9.17, 15) is 22.8 Å². The quantitative estimate of drug-likeness (QED) is 0.498. The average molecular weight is 449 g/mol. The summed E-state index contributed by atoms with van der Waals surface area (Å²) in [6.07, 6.45) is -3.08. The number of aromatic nitrogens is 1. The van der Waals surface area contributed by atoms with Crippen molar-refractivity contribution in [3.05, 3.63) is 77.1 Å². The summed E-state index contributed by atoms with van der Waals surface area (Å²) in [6, 6.07) is 12.5. The molecule has 2 aromatic carbocycles. The number of halogens is 4. The van der Waals surface area contributed by atoms with Crippen molar-refractivity contribution in [2.75, 3.05) is 17.7 Å². The minimum absolute atomic E-state index is 0.0480. The van der Waals surface area contributed by atoms with Crippen molar-refractivity contribution in [2.45, 2.75) is 6.18 Å². The van der Waals surface area contributed by atoms with Crippen molar-refractivity contribution >= 4 is 34.9 Å². The van der Waals surface area contributed by atoms with Gasteiger partial charge in [0, 0.05) is 30.2 Å².